The number of halogens is 2. The Kier molecular flexibility index (Phi) is 5.39. The van der Waals surface area contributed by atoms with Crippen LogP contribution in [0.25, 0.3) is 11.5 Å². The van der Waals surface area contributed by atoms with Gasteiger partial charge in [0.2, 0.25) is 21.8 Å². The second kappa shape index (κ2) is 7.53. The van der Waals surface area contributed by atoms with Crippen molar-refractivity contribution in [3.05, 3.63) is 64.5 Å². The third-order valence-electron chi connectivity index (χ3n) is 3.31. The standard InChI is InChI=1S/C16H13Cl2N3O3S/c17-12-3-1-11(2-4-12)16-21-20-15(24-16)9-10-19-25(22,23)14-7-5-13(18)6-8-14/h1-8,19H,9-10H2. The van der Waals surface area contributed by atoms with Crippen LogP contribution in [0.2, 0.25) is 10.0 Å². The molecule has 0 spiro atoms. The predicted molar refractivity (Wildman–Crippen MR) is 95.1 cm³/mol. The molecule has 0 aliphatic heterocycles. The number of aromatic nitrogens is 2. The summed E-state index contributed by atoms with van der Waals surface area (Å²) in [6, 6.07) is 12.9. The molecule has 0 amide bonds. The molecule has 0 atom stereocenters. The van der Waals surface area contributed by atoms with E-state index < -0.39 is 10.0 Å². The van der Waals surface area contributed by atoms with E-state index in [9.17, 15) is 8.42 Å². The molecule has 1 aromatic heterocycles. The average Bonchev–Trinajstić information content (AvgIpc) is 3.04. The van der Waals surface area contributed by atoms with Gasteiger partial charge in [0.1, 0.15) is 0 Å². The normalized spacial score (nSPS) is 11.6. The van der Waals surface area contributed by atoms with Crippen LogP contribution < -0.4 is 4.72 Å². The van der Waals surface area contributed by atoms with Gasteiger partial charge in [-0.3, -0.25) is 0 Å². The maximum absolute atomic E-state index is 12.2. The molecule has 0 saturated heterocycles. The highest BCUT2D eigenvalue weighted by molar-refractivity contribution is 7.89. The quantitative estimate of drug-likeness (QED) is 0.686. The van der Waals surface area contributed by atoms with Crippen molar-refractivity contribution < 1.29 is 12.8 Å². The van der Waals surface area contributed by atoms with E-state index in [0.717, 1.165) is 5.56 Å². The fourth-order valence-corrected chi connectivity index (χ4v) is 3.34. The summed E-state index contributed by atoms with van der Waals surface area (Å²) >= 11 is 11.6. The maximum Gasteiger partial charge on any atom is 0.247 e. The molecule has 3 rings (SSSR count). The highest BCUT2D eigenvalue weighted by Crippen LogP contribution is 2.20. The topological polar surface area (TPSA) is 85.1 Å². The van der Waals surface area contributed by atoms with Gasteiger partial charge in [0, 0.05) is 28.6 Å². The fourth-order valence-electron chi connectivity index (χ4n) is 2.05. The van der Waals surface area contributed by atoms with E-state index in [1.54, 1.807) is 24.3 Å². The second-order valence-electron chi connectivity index (χ2n) is 5.11. The summed E-state index contributed by atoms with van der Waals surface area (Å²) in [5.74, 6) is 0.691. The van der Waals surface area contributed by atoms with Gasteiger partial charge >= 0.3 is 0 Å². The highest BCUT2D eigenvalue weighted by Gasteiger charge is 2.14. The first-order chi connectivity index (χ1) is 11.9. The van der Waals surface area contributed by atoms with Gasteiger partial charge in [-0.15, -0.1) is 10.2 Å². The predicted octanol–water partition coefficient (Wildman–Crippen LogP) is 3.56. The zero-order valence-corrected chi connectivity index (χ0v) is 15.1. The third-order valence-corrected chi connectivity index (χ3v) is 5.29. The molecule has 2 aromatic carbocycles. The molecule has 1 N–H and O–H groups in total. The van der Waals surface area contributed by atoms with Crippen LogP contribution in [0, 0.1) is 0 Å². The lowest BCUT2D eigenvalue weighted by Gasteiger charge is -2.05. The van der Waals surface area contributed by atoms with Gasteiger partial charge in [0.05, 0.1) is 4.90 Å². The molecule has 0 aliphatic rings. The number of sulfonamides is 1. The lowest BCUT2D eigenvalue weighted by atomic mass is 10.2. The molecule has 0 unspecified atom stereocenters. The molecule has 6 nitrogen and oxygen atoms in total. The maximum atomic E-state index is 12.2. The molecule has 0 aliphatic carbocycles. The third kappa shape index (κ3) is 4.58. The summed E-state index contributed by atoms with van der Waals surface area (Å²) in [4.78, 5) is 0.143. The highest BCUT2D eigenvalue weighted by atomic mass is 35.5. The zero-order valence-electron chi connectivity index (χ0n) is 12.8. The summed E-state index contributed by atoms with van der Waals surface area (Å²) in [5, 5.41) is 8.95. The number of benzene rings is 2. The van der Waals surface area contributed by atoms with E-state index in [2.05, 4.69) is 14.9 Å². The Balaban J connectivity index is 1.61. The van der Waals surface area contributed by atoms with E-state index in [0.29, 0.717) is 21.8 Å². The van der Waals surface area contributed by atoms with E-state index in [1.807, 2.05) is 0 Å². The largest absolute Gasteiger partial charge is 0.421 e. The van der Waals surface area contributed by atoms with Crippen molar-refractivity contribution in [2.45, 2.75) is 11.3 Å². The lowest BCUT2D eigenvalue weighted by Crippen LogP contribution is -2.26. The second-order valence-corrected chi connectivity index (χ2v) is 7.75. The number of hydrogen-bond acceptors (Lipinski definition) is 5. The van der Waals surface area contributed by atoms with Crippen LogP contribution in [0.15, 0.2) is 57.8 Å². The summed E-state index contributed by atoms with van der Waals surface area (Å²) < 4.78 is 32.3. The Morgan fingerprint density at radius 3 is 2.16 bits per heavy atom. The first-order valence-electron chi connectivity index (χ1n) is 7.27. The molecule has 130 valence electrons. The Bertz CT molecular complexity index is 955. The number of nitrogens with zero attached hydrogens (tertiary/aromatic N) is 2. The van der Waals surface area contributed by atoms with Crippen molar-refractivity contribution >= 4 is 33.2 Å². The minimum atomic E-state index is -3.61. The number of nitrogens with one attached hydrogen (secondary N) is 1. The lowest BCUT2D eigenvalue weighted by molar-refractivity contribution is 0.502. The molecule has 0 fully saturated rings. The minimum absolute atomic E-state index is 0.132. The molecule has 9 heteroatoms. The van der Waals surface area contributed by atoms with Crippen LogP contribution in [-0.4, -0.2) is 25.2 Å². The van der Waals surface area contributed by atoms with Crippen LogP contribution in [0.1, 0.15) is 5.89 Å². The Hall–Kier alpha value is -1.93. The van der Waals surface area contributed by atoms with Crippen molar-refractivity contribution in [1.82, 2.24) is 14.9 Å². The van der Waals surface area contributed by atoms with E-state index in [4.69, 9.17) is 27.6 Å². The Morgan fingerprint density at radius 1 is 0.920 bits per heavy atom. The summed E-state index contributed by atoms with van der Waals surface area (Å²) in [6.45, 7) is 0.132. The Labute approximate surface area is 154 Å². The van der Waals surface area contributed by atoms with Crippen LogP contribution in [0.5, 0.6) is 0 Å². The minimum Gasteiger partial charge on any atom is -0.421 e. The smallest absolute Gasteiger partial charge is 0.247 e. The number of rotatable bonds is 6. The molecule has 25 heavy (non-hydrogen) atoms. The molecular formula is C16H13Cl2N3O3S. The van der Waals surface area contributed by atoms with Crippen molar-refractivity contribution in [3.63, 3.8) is 0 Å². The first kappa shape index (κ1) is 17.9. The molecule has 0 bridgehead atoms. The van der Waals surface area contributed by atoms with Gasteiger partial charge in [-0.1, -0.05) is 23.2 Å². The van der Waals surface area contributed by atoms with Gasteiger partial charge in [-0.05, 0) is 48.5 Å². The SMILES string of the molecule is O=S(=O)(NCCc1nnc(-c2ccc(Cl)cc2)o1)c1ccc(Cl)cc1. The van der Waals surface area contributed by atoms with Crippen LogP contribution in [0.3, 0.4) is 0 Å². The van der Waals surface area contributed by atoms with Gasteiger partial charge in [-0.25, -0.2) is 13.1 Å². The van der Waals surface area contributed by atoms with Crippen LogP contribution >= 0.6 is 23.2 Å². The van der Waals surface area contributed by atoms with Gasteiger partial charge in [-0.2, -0.15) is 0 Å². The van der Waals surface area contributed by atoms with E-state index in [1.165, 1.54) is 24.3 Å². The van der Waals surface area contributed by atoms with Gasteiger partial charge in [0.25, 0.3) is 0 Å². The zero-order chi connectivity index (χ0) is 17.9. The summed E-state index contributed by atoms with van der Waals surface area (Å²) in [6.07, 6.45) is 0.271. The van der Waals surface area contributed by atoms with E-state index in [-0.39, 0.29) is 17.9 Å². The van der Waals surface area contributed by atoms with Crippen LogP contribution in [-0.2, 0) is 16.4 Å². The number of hydrogen-bond donors (Lipinski definition) is 1. The van der Waals surface area contributed by atoms with Crippen molar-refractivity contribution in [2.24, 2.45) is 0 Å². The summed E-state index contributed by atoms with van der Waals surface area (Å²) in [5.41, 5.74) is 0.741. The monoisotopic (exact) mass is 397 g/mol. The molecule has 1 heterocycles. The fraction of sp³-hybridized carbons (Fsp3) is 0.125. The average molecular weight is 398 g/mol. The molecule has 3 aromatic rings. The Morgan fingerprint density at radius 2 is 1.52 bits per heavy atom. The first-order valence-corrected chi connectivity index (χ1v) is 9.51. The van der Waals surface area contributed by atoms with Crippen LogP contribution in [0.4, 0.5) is 0 Å². The molecule has 0 saturated carbocycles. The van der Waals surface area contributed by atoms with Crippen molar-refractivity contribution in [1.29, 1.82) is 0 Å². The molecular weight excluding hydrogens is 385 g/mol. The van der Waals surface area contributed by atoms with Gasteiger partial charge in [0.15, 0.2) is 0 Å². The van der Waals surface area contributed by atoms with Crippen molar-refractivity contribution in [3.8, 4) is 11.5 Å². The van der Waals surface area contributed by atoms with Crippen molar-refractivity contribution in [2.75, 3.05) is 6.54 Å². The van der Waals surface area contributed by atoms with E-state index >= 15 is 0 Å². The van der Waals surface area contributed by atoms with Gasteiger partial charge < -0.3 is 4.42 Å². The molecule has 0 radical (unpaired) electrons. The summed E-state index contributed by atoms with van der Waals surface area (Å²) in [7, 11) is -3.61.